The number of rotatable bonds is 2. The van der Waals surface area contributed by atoms with Crippen molar-refractivity contribution < 1.29 is 14.7 Å². The fourth-order valence-corrected chi connectivity index (χ4v) is 2.28. The molecule has 1 fully saturated rings. The fourth-order valence-electron chi connectivity index (χ4n) is 2.28. The summed E-state index contributed by atoms with van der Waals surface area (Å²) in [7, 11) is 0. The molecule has 1 saturated heterocycles. The van der Waals surface area contributed by atoms with E-state index in [1.807, 2.05) is 0 Å². The molecule has 0 radical (unpaired) electrons. The van der Waals surface area contributed by atoms with Gasteiger partial charge in [-0.1, -0.05) is 0 Å². The molecule has 18 heavy (non-hydrogen) atoms. The SMILES string of the molecule is CC(=O)c1c[nH]c(C(=O)N2CCCC(C)(O)C2)c1. The normalized spacial score (nSPS) is 24.1. The molecule has 1 amide bonds. The van der Waals surface area contributed by atoms with E-state index in [-0.39, 0.29) is 11.7 Å². The maximum atomic E-state index is 12.2. The Labute approximate surface area is 106 Å². The monoisotopic (exact) mass is 250 g/mol. The number of hydrogen-bond donors (Lipinski definition) is 2. The molecule has 98 valence electrons. The number of nitrogens with zero attached hydrogens (tertiary/aromatic N) is 1. The van der Waals surface area contributed by atoms with Crippen LogP contribution in [0.25, 0.3) is 0 Å². The van der Waals surface area contributed by atoms with Gasteiger partial charge in [0.25, 0.3) is 5.91 Å². The van der Waals surface area contributed by atoms with Crippen molar-refractivity contribution in [2.24, 2.45) is 0 Å². The number of likely N-dealkylation sites (tertiary alicyclic amines) is 1. The largest absolute Gasteiger partial charge is 0.388 e. The Balaban J connectivity index is 2.13. The molecule has 1 unspecified atom stereocenters. The molecule has 5 heteroatoms. The second kappa shape index (κ2) is 4.57. The van der Waals surface area contributed by atoms with E-state index in [0.29, 0.717) is 30.8 Å². The first kappa shape index (κ1) is 12.8. The van der Waals surface area contributed by atoms with Crippen LogP contribution in [0.5, 0.6) is 0 Å². The van der Waals surface area contributed by atoms with E-state index in [1.54, 1.807) is 17.9 Å². The first-order valence-corrected chi connectivity index (χ1v) is 6.10. The van der Waals surface area contributed by atoms with E-state index in [2.05, 4.69) is 4.98 Å². The van der Waals surface area contributed by atoms with Crippen LogP contribution in [0.4, 0.5) is 0 Å². The summed E-state index contributed by atoms with van der Waals surface area (Å²) in [6.45, 7) is 4.18. The van der Waals surface area contributed by atoms with Gasteiger partial charge in [-0.15, -0.1) is 0 Å². The molecule has 2 heterocycles. The lowest BCUT2D eigenvalue weighted by atomic mass is 9.95. The predicted octanol–water partition coefficient (Wildman–Crippen LogP) is 1.20. The van der Waals surface area contributed by atoms with E-state index in [4.69, 9.17) is 0 Å². The Bertz CT molecular complexity index is 476. The second-order valence-corrected chi connectivity index (χ2v) is 5.19. The minimum absolute atomic E-state index is 0.0732. The predicted molar refractivity (Wildman–Crippen MR) is 66.6 cm³/mol. The molecule has 1 aromatic heterocycles. The average Bonchev–Trinajstić information content (AvgIpc) is 2.76. The van der Waals surface area contributed by atoms with Gasteiger partial charge in [-0.05, 0) is 32.8 Å². The van der Waals surface area contributed by atoms with E-state index in [9.17, 15) is 14.7 Å². The minimum Gasteiger partial charge on any atom is -0.388 e. The second-order valence-electron chi connectivity index (χ2n) is 5.19. The summed E-state index contributed by atoms with van der Waals surface area (Å²) in [5.41, 5.74) is 0.0872. The lowest BCUT2D eigenvalue weighted by Crippen LogP contribution is -2.48. The molecule has 1 aromatic rings. The highest BCUT2D eigenvalue weighted by atomic mass is 16.3. The standard InChI is InChI=1S/C13H18N2O3/c1-9(16)10-6-11(14-7-10)12(17)15-5-3-4-13(2,18)8-15/h6-7,14,18H,3-5,8H2,1-2H3. The summed E-state index contributed by atoms with van der Waals surface area (Å²) < 4.78 is 0. The van der Waals surface area contributed by atoms with Crippen LogP contribution in [0.1, 0.15) is 47.5 Å². The molecular formula is C13H18N2O3. The Morgan fingerprint density at radius 3 is 2.78 bits per heavy atom. The Hall–Kier alpha value is -1.62. The number of Topliss-reactive ketones (excluding diaryl/α,β-unsaturated/α-hetero) is 1. The Morgan fingerprint density at radius 1 is 1.50 bits per heavy atom. The summed E-state index contributed by atoms with van der Waals surface area (Å²) in [6, 6.07) is 1.56. The van der Waals surface area contributed by atoms with Crippen molar-refractivity contribution in [2.45, 2.75) is 32.3 Å². The summed E-state index contributed by atoms with van der Waals surface area (Å²) in [4.78, 5) is 27.8. The number of hydrogen-bond acceptors (Lipinski definition) is 3. The molecule has 2 rings (SSSR count). The van der Waals surface area contributed by atoms with Crippen LogP contribution in [0.3, 0.4) is 0 Å². The number of amides is 1. The summed E-state index contributed by atoms with van der Waals surface area (Å²) in [6.07, 6.45) is 3.04. The molecule has 1 aliphatic rings. The van der Waals surface area contributed by atoms with E-state index in [0.717, 1.165) is 6.42 Å². The number of aliphatic hydroxyl groups is 1. The summed E-state index contributed by atoms with van der Waals surface area (Å²) in [5.74, 6) is -0.238. The van der Waals surface area contributed by atoms with Crippen molar-refractivity contribution in [1.82, 2.24) is 9.88 Å². The van der Waals surface area contributed by atoms with Crippen LogP contribution in [0.15, 0.2) is 12.3 Å². The molecule has 2 N–H and O–H groups in total. The van der Waals surface area contributed by atoms with Gasteiger partial charge in [0.1, 0.15) is 5.69 Å². The minimum atomic E-state index is -0.816. The van der Waals surface area contributed by atoms with Crippen molar-refractivity contribution >= 4 is 11.7 Å². The van der Waals surface area contributed by atoms with Gasteiger partial charge in [0.2, 0.25) is 0 Å². The van der Waals surface area contributed by atoms with Crippen molar-refractivity contribution in [3.05, 3.63) is 23.5 Å². The van der Waals surface area contributed by atoms with Crippen LogP contribution >= 0.6 is 0 Å². The van der Waals surface area contributed by atoms with Gasteiger partial charge in [-0.2, -0.15) is 0 Å². The highest BCUT2D eigenvalue weighted by Crippen LogP contribution is 2.21. The lowest BCUT2D eigenvalue weighted by molar-refractivity contribution is -0.0109. The summed E-state index contributed by atoms with van der Waals surface area (Å²) in [5, 5.41) is 9.98. The highest BCUT2D eigenvalue weighted by Gasteiger charge is 2.31. The maximum absolute atomic E-state index is 12.2. The third-order valence-corrected chi connectivity index (χ3v) is 3.28. The number of nitrogens with one attached hydrogen (secondary N) is 1. The smallest absolute Gasteiger partial charge is 0.270 e. The number of H-pyrrole nitrogens is 1. The molecule has 0 bridgehead atoms. The number of carbonyl (C=O) groups is 2. The quantitative estimate of drug-likeness (QED) is 0.775. The maximum Gasteiger partial charge on any atom is 0.270 e. The first-order chi connectivity index (χ1) is 8.39. The zero-order valence-electron chi connectivity index (χ0n) is 10.7. The Kier molecular flexibility index (Phi) is 3.26. The lowest BCUT2D eigenvalue weighted by Gasteiger charge is -2.36. The van der Waals surface area contributed by atoms with Crippen LogP contribution in [-0.2, 0) is 0 Å². The average molecular weight is 250 g/mol. The number of aromatic amines is 1. The molecule has 5 nitrogen and oxygen atoms in total. The van der Waals surface area contributed by atoms with Crippen LogP contribution in [0.2, 0.25) is 0 Å². The van der Waals surface area contributed by atoms with Crippen LogP contribution in [-0.4, -0.2) is 45.4 Å². The number of carbonyl (C=O) groups excluding carboxylic acids is 2. The molecule has 0 saturated carbocycles. The zero-order chi connectivity index (χ0) is 13.3. The van der Waals surface area contributed by atoms with Gasteiger partial charge >= 0.3 is 0 Å². The topological polar surface area (TPSA) is 73.4 Å². The molecule has 0 aromatic carbocycles. The van der Waals surface area contributed by atoms with Gasteiger partial charge in [0.05, 0.1) is 5.60 Å². The van der Waals surface area contributed by atoms with E-state index >= 15 is 0 Å². The van der Waals surface area contributed by atoms with Crippen molar-refractivity contribution in [3.63, 3.8) is 0 Å². The molecule has 1 aliphatic heterocycles. The van der Waals surface area contributed by atoms with Crippen LogP contribution < -0.4 is 0 Å². The molecule has 0 spiro atoms. The van der Waals surface area contributed by atoms with Crippen molar-refractivity contribution in [3.8, 4) is 0 Å². The van der Waals surface area contributed by atoms with E-state index in [1.165, 1.54) is 13.1 Å². The third kappa shape index (κ3) is 2.61. The van der Waals surface area contributed by atoms with Gasteiger partial charge in [-0.3, -0.25) is 9.59 Å². The molecule has 1 atom stereocenters. The molecular weight excluding hydrogens is 232 g/mol. The van der Waals surface area contributed by atoms with E-state index < -0.39 is 5.60 Å². The van der Waals surface area contributed by atoms with Crippen molar-refractivity contribution in [1.29, 1.82) is 0 Å². The first-order valence-electron chi connectivity index (χ1n) is 6.10. The number of aromatic nitrogens is 1. The third-order valence-electron chi connectivity index (χ3n) is 3.28. The zero-order valence-corrected chi connectivity index (χ0v) is 10.7. The van der Waals surface area contributed by atoms with Gasteiger partial charge in [0.15, 0.2) is 5.78 Å². The molecule has 0 aliphatic carbocycles. The number of piperidine rings is 1. The fraction of sp³-hybridized carbons (Fsp3) is 0.538. The Morgan fingerprint density at radius 2 is 2.22 bits per heavy atom. The number of β-amino-alcohol motifs (C(OH)–C–C–N with tert-alkyl or cyclic N) is 1. The van der Waals surface area contributed by atoms with Gasteiger partial charge < -0.3 is 15.0 Å². The van der Waals surface area contributed by atoms with Crippen molar-refractivity contribution in [2.75, 3.05) is 13.1 Å². The van der Waals surface area contributed by atoms with Gasteiger partial charge in [-0.25, -0.2) is 0 Å². The number of ketones is 1. The summed E-state index contributed by atoms with van der Waals surface area (Å²) >= 11 is 0. The highest BCUT2D eigenvalue weighted by molar-refractivity contribution is 5.99. The van der Waals surface area contributed by atoms with Gasteiger partial charge in [0, 0.05) is 24.8 Å². The van der Waals surface area contributed by atoms with Crippen LogP contribution in [0, 0.1) is 0 Å².